The van der Waals surface area contributed by atoms with E-state index in [1.807, 2.05) is 0 Å². The largest absolute Gasteiger partial charge is 0.441 e. The highest BCUT2D eigenvalue weighted by Gasteiger charge is 2.31. The number of amides is 1. The Hall–Kier alpha value is -2.74. The molecule has 2 N–H and O–H groups in total. The molecular weight excluding hydrogens is 383 g/mol. The van der Waals surface area contributed by atoms with Crippen molar-refractivity contribution in [1.29, 1.82) is 0 Å². The lowest BCUT2D eigenvalue weighted by Gasteiger charge is -2.17. The van der Waals surface area contributed by atoms with Crippen molar-refractivity contribution in [3.8, 4) is 0 Å². The number of fused-ring (bicyclic) bond motifs is 1. The quantitative estimate of drug-likeness (QED) is 0.631. The van der Waals surface area contributed by atoms with Crippen molar-refractivity contribution >= 4 is 40.0 Å². The Morgan fingerprint density at radius 3 is 2.67 bits per heavy atom. The predicted octanol–water partition coefficient (Wildman–Crippen LogP) is 5.25. The van der Waals surface area contributed by atoms with Crippen molar-refractivity contribution in [2.45, 2.75) is 26.1 Å². The number of hydrogen-bond donors (Lipinski definition) is 2. The monoisotopic (exact) mass is 397 g/mol. The number of aryl methyl sites for hydroxylation is 1. The van der Waals surface area contributed by atoms with Gasteiger partial charge in [-0.25, -0.2) is 4.98 Å². The summed E-state index contributed by atoms with van der Waals surface area (Å²) in [6.45, 7) is 3.30. The van der Waals surface area contributed by atoms with E-state index in [1.165, 1.54) is 0 Å². The second-order valence-corrected chi connectivity index (χ2v) is 6.37. The lowest BCUT2D eigenvalue weighted by Crippen LogP contribution is -2.32. The highest BCUT2D eigenvalue weighted by Crippen LogP contribution is 2.34. The summed E-state index contributed by atoms with van der Waals surface area (Å²) in [6, 6.07) is 7.17. The summed E-state index contributed by atoms with van der Waals surface area (Å²) in [5.41, 5.74) is 0.868. The molecule has 0 aliphatic rings. The minimum absolute atomic E-state index is 0.0167. The summed E-state index contributed by atoms with van der Waals surface area (Å²) in [5.74, 6) is -0.0141. The minimum Gasteiger partial charge on any atom is -0.441 e. The predicted molar refractivity (Wildman–Crippen MR) is 96.9 cm³/mol. The van der Waals surface area contributed by atoms with Crippen molar-refractivity contribution in [2.24, 2.45) is 0 Å². The zero-order valence-electron chi connectivity index (χ0n) is 14.3. The number of anilines is 2. The molecule has 0 aliphatic carbocycles. The Kier molecular flexibility index (Phi) is 5.01. The number of aromatic nitrogens is 1. The molecule has 1 amide bonds. The number of benzene rings is 2. The molecule has 1 aromatic heterocycles. The number of carbonyl (C=O) groups excluding carboxylic acids is 1. The summed E-state index contributed by atoms with van der Waals surface area (Å²) < 4.78 is 43.9. The van der Waals surface area contributed by atoms with Gasteiger partial charge in [0, 0.05) is 12.6 Å². The fraction of sp³-hybridized carbons (Fsp3) is 0.222. The van der Waals surface area contributed by atoms with Gasteiger partial charge in [-0.2, -0.15) is 13.2 Å². The summed E-state index contributed by atoms with van der Waals surface area (Å²) in [7, 11) is 0. The fourth-order valence-corrected chi connectivity index (χ4v) is 2.65. The van der Waals surface area contributed by atoms with Crippen LogP contribution in [0.3, 0.4) is 0 Å². The van der Waals surface area contributed by atoms with Gasteiger partial charge in [0.2, 0.25) is 5.91 Å². The van der Waals surface area contributed by atoms with E-state index in [-0.39, 0.29) is 10.7 Å². The smallest absolute Gasteiger partial charge is 0.416 e. The number of hydrogen-bond acceptors (Lipinski definition) is 4. The van der Waals surface area contributed by atoms with Crippen LogP contribution >= 0.6 is 11.6 Å². The van der Waals surface area contributed by atoms with Gasteiger partial charge in [-0.15, -0.1) is 0 Å². The zero-order valence-corrected chi connectivity index (χ0v) is 15.1. The molecule has 0 radical (unpaired) electrons. The summed E-state index contributed by atoms with van der Waals surface area (Å²) >= 11 is 5.90. The molecule has 2 aromatic carbocycles. The van der Waals surface area contributed by atoms with Crippen molar-refractivity contribution in [1.82, 2.24) is 4.98 Å². The number of alkyl halides is 3. The Bertz CT molecular complexity index is 1000. The third-order valence-corrected chi connectivity index (χ3v) is 4.15. The molecule has 0 saturated heterocycles. The molecule has 9 heteroatoms. The maximum absolute atomic E-state index is 12.8. The first kappa shape index (κ1) is 19.0. The van der Waals surface area contributed by atoms with Crippen LogP contribution in [0.15, 0.2) is 40.8 Å². The van der Waals surface area contributed by atoms with Crippen LogP contribution in [0.25, 0.3) is 11.1 Å². The SMILES string of the molecule is Cc1nc2cc(N[C@H](C)C(=O)Nc3cc(C(F)(F)F)ccc3Cl)ccc2o1. The first-order chi connectivity index (χ1) is 12.6. The maximum Gasteiger partial charge on any atom is 0.416 e. The summed E-state index contributed by atoms with van der Waals surface area (Å²) in [6.07, 6.45) is -4.53. The lowest BCUT2D eigenvalue weighted by molar-refractivity contribution is -0.137. The Morgan fingerprint density at radius 2 is 1.96 bits per heavy atom. The Labute approximate surface area is 157 Å². The number of carbonyl (C=O) groups is 1. The molecule has 0 saturated carbocycles. The van der Waals surface area contributed by atoms with Crippen molar-refractivity contribution < 1.29 is 22.4 Å². The molecule has 0 unspecified atom stereocenters. The highest BCUT2D eigenvalue weighted by atomic mass is 35.5. The van der Waals surface area contributed by atoms with Gasteiger partial charge in [-0.1, -0.05) is 11.6 Å². The van der Waals surface area contributed by atoms with Crippen LogP contribution in [0.5, 0.6) is 0 Å². The van der Waals surface area contributed by atoms with E-state index in [0.29, 0.717) is 22.7 Å². The van der Waals surface area contributed by atoms with E-state index in [9.17, 15) is 18.0 Å². The van der Waals surface area contributed by atoms with Crippen LogP contribution in [0.1, 0.15) is 18.4 Å². The van der Waals surface area contributed by atoms with Gasteiger partial charge in [0.05, 0.1) is 16.3 Å². The highest BCUT2D eigenvalue weighted by molar-refractivity contribution is 6.33. The molecule has 142 valence electrons. The minimum atomic E-state index is -4.53. The van der Waals surface area contributed by atoms with E-state index < -0.39 is 23.7 Å². The summed E-state index contributed by atoms with van der Waals surface area (Å²) in [5, 5.41) is 5.40. The molecule has 0 spiro atoms. The van der Waals surface area contributed by atoms with E-state index in [1.54, 1.807) is 32.0 Å². The van der Waals surface area contributed by atoms with Crippen molar-refractivity contribution in [3.05, 3.63) is 52.9 Å². The van der Waals surface area contributed by atoms with Crippen molar-refractivity contribution in [2.75, 3.05) is 10.6 Å². The lowest BCUT2D eigenvalue weighted by atomic mass is 10.2. The molecule has 0 aliphatic heterocycles. The molecule has 1 heterocycles. The van der Waals surface area contributed by atoms with Crippen LogP contribution in [0.2, 0.25) is 5.02 Å². The van der Waals surface area contributed by atoms with Crippen LogP contribution in [-0.4, -0.2) is 16.9 Å². The average molecular weight is 398 g/mol. The molecule has 0 bridgehead atoms. The van der Waals surface area contributed by atoms with Gasteiger partial charge < -0.3 is 15.1 Å². The third-order valence-electron chi connectivity index (χ3n) is 3.82. The van der Waals surface area contributed by atoms with Crippen LogP contribution in [-0.2, 0) is 11.0 Å². The first-order valence-corrected chi connectivity index (χ1v) is 8.32. The Balaban J connectivity index is 1.73. The topological polar surface area (TPSA) is 67.2 Å². The number of oxazole rings is 1. The van der Waals surface area contributed by atoms with Gasteiger partial charge >= 0.3 is 6.18 Å². The molecule has 3 aromatic rings. The number of nitrogens with one attached hydrogen (secondary N) is 2. The second-order valence-electron chi connectivity index (χ2n) is 5.96. The second kappa shape index (κ2) is 7.11. The number of nitrogens with zero attached hydrogens (tertiary/aromatic N) is 1. The van der Waals surface area contributed by atoms with Gasteiger partial charge in [0.15, 0.2) is 11.5 Å². The molecular formula is C18H15ClF3N3O2. The van der Waals surface area contributed by atoms with Gasteiger partial charge in [0.1, 0.15) is 11.6 Å². The van der Waals surface area contributed by atoms with Gasteiger partial charge in [-0.3, -0.25) is 4.79 Å². The van der Waals surface area contributed by atoms with E-state index in [0.717, 1.165) is 18.2 Å². The Morgan fingerprint density at radius 1 is 1.22 bits per heavy atom. The third kappa shape index (κ3) is 4.33. The van der Waals surface area contributed by atoms with E-state index in [4.69, 9.17) is 16.0 Å². The molecule has 3 rings (SSSR count). The first-order valence-electron chi connectivity index (χ1n) is 7.95. The molecule has 1 atom stereocenters. The summed E-state index contributed by atoms with van der Waals surface area (Å²) in [4.78, 5) is 16.6. The van der Waals surface area contributed by atoms with E-state index >= 15 is 0 Å². The van der Waals surface area contributed by atoms with Gasteiger partial charge in [-0.05, 0) is 43.3 Å². The van der Waals surface area contributed by atoms with Gasteiger partial charge in [0.25, 0.3) is 0 Å². The van der Waals surface area contributed by atoms with Crippen LogP contribution < -0.4 is 10.6 Å². The molecule has 5 nitrogen and oxygen atoms in total. The zero-order chi connectivity index (χ0) is 19.8. The van der Waals surface area contributed by atoms with Crippen LogP contribution in [0.4, 0.5) is 24.5 Å². The normalized spacial score (nSPS) is 12.8. The number of halogens is 4. The fourth-order valence-electron chi connectivity index (χ4n) is 2.49. The number of rotatable bonds is 4. The van der Waals surface area contributed by atoms with E-state index in [2.05, 4.69) is 15.6 Å². The maximum atomic E-state index is 12.8. The average Bonchev–Trinajstić information content (AvgIpc) is 2.95. The van der Waals surface area contributed by atoms with Crippen molar-refractivity contribution in [3.63, 3.8) is 0 Å². The molecule has 27 heavy (non-hydrogen) atoms. The standard InChI is InChI=1S/C18H15ClF3N3O2/c1-9(23-12-4-6-16-15(8-12)24-10(2)27-16)17(26)25-14-7-11(18(20,21)22)3-5-13(14)19/h3-9,23H,1-2H3,(H,25,26)/t9-/m1/s1. The van der Waals surface area contributed by atoms with Crippen LogP contribution in [0, 0.1) is 6.92 Å². The molecule has 0 fully saturated rings.